The lowest BCUT2D eigenvalue weighted by Gasteiger charge is -2.09. The average Bonchev–Trinajstić information content (AvgIpc) is 3.11. The zero-order chi connectivity index (χ0) is 24.8. The van der Waals surface area contributed by atoms with Gasteiger partial charge < -0.3 is 15.4 Å². The van der Waals surface area contributed by atoms with Gasteiger partial charge in [0.1, 0.15) is 10.8 Å². The predicted molar refractivity (Wildman–Crippen MR) is 133 cm³/mol. The summed E-state index contributed by atoms with van der Waals surface area (Å²) in [6, 6.07) is 11.3. The van der Waals surface area contributed by atoms with Crippen molar-refractivity contribution in [3.63, 3.8) is 0 Å². The van der Waals surface area contributed by atoms with Gasteiger partial charge in [-0.3, -0.25) is 9.59 Å². The average molecular weight is 481 g/mol. The number of ether oxygens (including phenoxy) is 1. The molecule has 0 bridgehead atoms. The summed E-state index contributed by atoms with van der Waals surface area (Å²) in [4.78, 5) is 38.5. The Morgan fingerprint density at radius 1 is 1.03 bits per heavy atom. The van der Waals surface area contributed by atoms with Gasteiger partial charge in [-0.2, -0.15) is 0 Å². The molecule has 2 N–H and O–H groups in total. The maximum absolute atomic E-state index is 13.1. The lowest BCUT2D eigenvalue weighted by atomic mass is 10.1. The van der Waals surface area contributed by atoms with E-state index < -0.39 is 11.9 Å². The van der Waals surface area contributed by atoms with Crippen molar-refractivity contribution in [1.29, 1.82) is 0 Å². The largest absolute Gasteiger partial charge is 0.462 e. The van der Waals surface area contributed by atoms with Crippen LogP contribution < -0.4 is 10.6 Å². The van der Waals surface area contributed by atoms with Crippen molar-refractivity contribution in [1.82, 2.24) is 0 Å². The molecule has 0 fully saturated rings. The summed E-state index contributed by atoms with van der Waals surface area (Å²) in [7, 11) is 0. The Balaban J connectivity index is 1.87. The topological polar surface area (TPSA) is 84.5 Å². The zero-order valence-corrected chi connectivity index (χ0v) is 20.1. The summed E-state index contributed by atoms with van der Waals surface area (Å²) in [5.74, 6) is -1.89. The predicted octanol–water partition coefficient (Wildman–Crippen LogP) is 5.89. The molecule has 34 heavy (non-hydrogen) atoms. The molecule has 2 amide bonds. The number of amides is 2. The third-order valence-corrected chi connectivity index (χ3v) is 6.20. The van der Waals surface area contributed by atoms with Crippen molar-refractivity contribution in [2.75, 3.05) is 17.2 Å². The smallest absolute Gasteiger partial charge is 0.341 e. The summed E-state index contributed by atoms with van der Waals surface area (Å²) in [5, 5.41) is 5.76. The van der Waals surface area contributed by atoms with Gasteiger partial charge in [0, 0.05) is 11.8 Å². The van der Waals surface area contributed by atoms with Crippen molar-refractivity contribution in [2.45, 2.75) is 27.7 Å². The summed E-state index contributed by atoms with van der Waals surface area (Å²) >= 11 is 1.00. The molecular weight excluding hydrogens is 455 g/mol. The van der Waals surface area contributed by atoms with E-state index in [2.05, 4.69) is 10.6 Å². The monoisotopic (exact) mass is 480 g/mol. The minimum atomic E-state index is -0.625. The van der Waals surface area contributed by atoms with Gasteiger partial charge in [-0.05, 0) is 68.7 Å². The van der Waals surface area contributed by atoms with Gasteiger partial charge in [-0.15, -0.1) is 11.3 Å². The van der Waals surface area contributed by atoms with E-state index in [9.17, 15) is 18.8 Å². The van der Waals surface area contributed by atoms with E-state index in [1.54, 1.807) is 13.8 Å². The molecule has 6 nitrogen and oxygen atoms in total. The molecule has 0 atom stereocenters. The van der Waals surface area contributed by atoms with Crippen LogP contribution in [0.15, 0.2) is 48.5 Å². The zero-order valence-electron chi connectivity index (χ0n) is 19.3. The van der Waals surface area contributed by atoms with E-state index in [0.717, 1.165) is 22.5 Å². The number of halogens is 1. The third-order valence-electron chi connectivity index (χ3n) is 5.00. The van der Waals surface area contributed by atoms with Crippen molar-refractivity contribution in [3.05, 3.63) is 87.1 Å². The van der Waals surface area contributed by atoms with E-state index in [1.165, 1.54) is 36.4 Å². The maximum Gasteiger partial charge on any atom is 0.341 e. The standard InChI is InChI=1S/C26H25FN2O4S/c1-5-33-26(32)22-17(4)23(24(31)28-20-12-6-15(2)14-16(20)3)34-25(22)29-21(30)13-9-18-7-10-19(27)11-8-18/h6-14H,5H2,1-4H3,(H,28,31)(H,29,30)/b13-9+. The van der Waals surface area contributed by atoms with Crippen LogP contribution in [-0.2, 0) is 9.53 Å². The molecular formula is C26H25FN2O4S. The van der Waals surface area contributed by atoms with Crippen LogP contribution in [0, 0.1) is 26.6 Å². The Labute approximate surface area is 201 Å². The summed E-state index contributed by atoms with van der Waals surface area (Å²) < 4.78 is 18.2. The molecule has 3 aromatic rings. The fourth-order valence-electron chi connectivity index (χ4n) is 3.30. The number of carbonyl (C=O) groups excluding carboxylic acids is 3. The molecule has 0 radical (unpaired) electrons. The first kappa shape index (κ1) is 24.9. The van der Waals surface area contributed by atoms with Crippen molar-refractivity contribution in [2.24, 2.45) is 0 Å². The summed E-state index contributed by atoms with van der Waals surface area (Å²) in [6.45, 7) is 7.33. The van der Waals surface area contributed by atoms with Gasteiger partial charge in [0.05, 0.1) is 17.0 Å². The molecule has 3 rings (SSSR count). The minimum absolute atomic E-state index is 0.140. The van der Waals surface area contributed by atoms with Gasteiger partial charge in [0.15, 0.2) is 0 Å². The van der Waals surface area contributed by atoms with E-state index in [4.69, 9.17) is 4.74 Å². The molecule has 8 heteroatoms. The summed E-state index contributed by atoms with van der Waals surface area (Å²) in [5.41, 5.74) is 3.84. The minimum Gasteiger partial charge on any atom is -0.462 e. The van der Waals surface area contributed by atoms with Crippen molar-refractivity contribution < 1.29 is 23.5 Å². The van der Waals surface area contributed by atoms with Crippen LogP contribution in [0.1, 0.15) is 49.2 Å². The molecule has 0 aliphatic carbocycles. The molecule has 1 heterocycles. The quantitative estimate of drug-likeness (QED) is 0.326. The molecule has 0 saturated carbocycles. The SMILES string of the molecule is CCOC(=O)c1c(NC(=O)/C=C/c2ccc(F)cc2)sc(C(=O)Nc2ccc(C)cc2C)c1C. The number of thiophene rings is 1. The second kappa shape index (κ2) is 10.9. The number of esters is 1. The number of rotatable bonds is 7. The molecule has 0 saturated heterocycles. The van der Waals surface area contributed by atoms with Crippen LogP contribution in [0.4, 0.5) is 15.1 Å². The molecule has 176 valence electrons. The number of nitrogens with one attached hydrogen (secondary N) is 2. The fraction of sp³-hybridized carbons (Fsp3) is 0.192. The lowest BCUT2D eigenvalue weighted by molar-refractivity contribution is -0.111. The molecule has 2 aromatic carbocycles. The normalized spacial score (nSPS) is 10.9. The van der Waals surface area contributed by atoms with Gasteiger partial charge in [0.2, 0.25) is 5.91 Å². The first-order valence-electron chi connectivity index (χ1n) is 10.6. The van der Waals surface area contributed by atoms with E-state index in [1.807, 2.05) is 32.0 Å². The fourth-order valence-corrected chi connectivity index (χ4v) is 4.39. The molecule has 0 unspecified atom stereocenters. The van der Waals surface area contributed by atoms with E-state index >= 15 is 0 Å². The first-order valence-corrected chi connectivity index (χ1v) is 11.4. The number of benzene rings is 2. The Morgan fingerprint density at radius 2 is 1.74 bits per heavy atom. The molecule has 1 aromatic heterocycles. The summed E-state index contributed by atoms with van der Waals surface area (Å²) in [6.07, 6.45) is 2.79. The van der Waals surface area contributed by atoms with Gasteiger partial charge in [0.25, 0.3) is 5.91 Å². The van der Waals surface area contributed by atoms with Crippen LogP contribution in [0.5, 0.6) is 0 Å². The highest BCUT2D eigenvalue weighted by molar-refractivity contribution is 7.19. The maximum atomic E-state index is 13.1. The van der Waals surface area contributed by atoms with Crippen molar-refractivity contribution in [3.8, 4) is 0 Å². The van der Waals surface area contributed by atoms with E-state index in [0.29, 0.717) is 21.7 Å². The molecule has 0 spiro atoms. The number of hydrogen-bond acceptors (Lipinski definition) is 5. The van der Waals surface area contributed by atoms with Crippen LogP contribution in [0.3, 0.4) is 0 Å². The molecule has 0 aliphatic heterocycles. The van der Waals surface area contributed by atoms with Crippen molar-refractivity contribution >= 4 is 45.9 Å². The number of hydrogen-bond donors (Lipinski definition) is 2. The van der Waals surface area contributed by atoms with Crippen LogP contribution >= 0.6 is 11.3 Å². The van der Waals surface area contributed by atoms with Gasteiger partial charge >= 0.3 is 5.97 Å². The first-order chi connectivity index (χ1) is 16.2. The second-order valence-corrected chi connectivity index (χ2v) is 8.65. The Morgan fingerprint density at radius 3 is 2.38 bits per heavy atom. The van der Waals surface area contributed by atoms with E-state index in [-0.39, 0.29) is 28.9 Å². The molecule has 0 aliphatic rings. The number of aryl methyl sites for hydroxylation is 2. The highest BCUT2D eigenvalue weighted by Gasteiger charge is 2.26. The van der Waals surface area contributed by atoms with Gasteiger partial charge in [-0.25, -0.2) is 9.18 Å². The highest BCUT2D eigenvalue weighted by Crippen LogP contribution is 2.34. The number of carbonyl (C=O) groups is 3. The van der Waals surface area contributed by atoms with Crippen LogP contribution in [0.25, 0.3) is 6.08 Å². The van der Waals surface area contributed by atoms with Crippen LogP contribution in [0.2, 0.25) is 0 Å². The second-order valence-electron chi connectivity index (χ2n) is 7.63. The highest BCUT2D eigenvalue weighted by atomic mass is 32.1. The lowest BCUT2D eigenvalue weighted by Crippen LogP contribution is -2.14. The number of anilines is 2. The Bertz CT molecular complexity index is 1260. The van der Waals surface area contributed by atoms with Gasteiger partial charge in [-0.1, -0.05) is 29.8 Å². The van der Waals surface area contributed by atoms with Crippen LogP contribution in [-0.4, -0.2) is 24.4 Å². The Kier molecular flexibility index (Phi) is 7.96. The third kappa shape index (κ3) is 5.96. The Hall–Kier alpha value is -3.78.